The predicted molar refractivity (Wildman–Crippen MR) is 47.3 cm³/mol. The summed E-state index contributed by atoms with van der Waals surface area (Å²) in [5.74, 6) is 1.06. The van der Waals surface area contributed by atoms with Gasteiger partial charge in [0, 0.05) is 18.1 Å². The summed E-state index contributed by atoms with van der Waals surface area (Å²) in [7, 11) is 0. The van der Waals surface area contributed by atoms with Gasteiger partial charge in [-0.05, 0) is 12.5 Å². The summed E-state index contributed by atoms with van der Waals surface area (Å²) in [5, 5.41) is 0.862. The average molecular weight is 167 g/mol. The van der Waals surface area contributed by atoms with Crippen LogP contribution in [-0.4, -0.2) is 15.7 Å². The summed E-state index contributed by atoms with van der Waals surface area (Å²) in [4.78, 5) is 8.16. The molecule has 0 aliphatic heterocycles. The molecule has 0 atom stereocenters. The minimum absolute atomic E-state index is 0.862. The Hall–Kier alpha value is -0.570. The van der Waals surface area contributed by atoms with Gasteiger partial charge in [-0.25, -0.2) is 9.97 Å². The van der Waals surface area contributed by atoms with E-state index in [1.54, 1.807) is 24.2 Å². The molecule has 1 aromatic heterocycles. The van der Waals surface area contributed by atoms with Crippen LogP contribution in [0.15, 0.2) is 23.6 Å². The molecule has 1 aromatic rings. The molecular weight excluding hydrogens is 156 g/mol. The fraction of sp³-hybridized carbons (Fsp3) is 0.375. The fourth-order valence-electron chi connectivity index (χ4n) is 0.625. The summed E-state index contributed by atoms with van der Waals surface area (Å²) in [6, 6.07) is 1.82. The Bertz CT molecular complexity index is 189. The fourth-order valence-corrected chi connectivity index (χ4v) is 1.43. The maximum absolute atomic E-state index is 4.08. The van der Waals surface area contributed by atoms with Crippen LogP contribution >= 0.6 is 11.8 Å². The second kappa shape index (κ2) is 5.13. The summed E-state index contributed by atoms with van der Waals surface area (Å²) >= 11 is 1.68. The normalized spacial score (nSPS) is 9.91. The summed E-state index contributed by atoms with van der Waals surface area (Å²) in [6.07, 6.45) is 5.64. The van der Waals surface area contributed by atoms with Crippen LogP contribution in [-0.2, 0) is 0 Å². The largest absolute Gasteiger partial charge is 0.231 e. The molecule has 1 radical (unpaired) electrons. The van der Waals surface area contributed by atoms with E-state index in [0.717, 1.165) is 23.8 Å². The lowest BCUT2D eigenvalue weighted by Crippen LogP contribution is -1.85. The van der Waals surface area contributed by atoms with Crippen molar-refractivity contribution in [1.82, 2.24) is 9.97 Å². The number of nitrogens with zero attached hydrogens (tertiary/aromatic N) is 2. The van der Waals surface area contributed by atoms with Crippen LogP contribution in [0, 0.1) is 6.92 Å². The van der Waals surface area contributed by atoms with Gasteiger partial charge in [0.1, 0.15) is 0 Å². The summed E-state index contributed by atoms with van der Waals surface area (Å²) < 4.78 is 0. The number of unbranched alkanes of at least 4 members (excludes halogenated alkanes) is 1. The Morgan fingerprint density at radius 3 is 2.73 bits per heavy atom. The molecule has 0 unspecified atom stereocenters. The first-order chi connectivity index (χ1) is 5.43. The highest BCUT2D eigenvalue weighted by atomic mass is 32.2. The van der Waals surface area contributed by atoms with Gasteiger partial charge in [0.2, 0.25) is 0 Å². The van der Waals surface area contributed by atoms with E-state index in [1.165, 1.54) is 0 Å². The van der Waals surface area contributed by atoms with E-state index < -0.39 is 0 Å². The molecule has 0 aromatic carbocycles. The molecule has 1 heterocycles. The van der Waals surface area contributed by atoms with Crippen LogP contribution < -0.4 is 0 Å². The molecule has 11 heavy (non-hydrogen) atoms. The maximum atomic E-state index is 4.08. The van der Waals surface area contributed by atoms with Crippen molar-refractivity contribution in [3.8, 4) is 0 Å². The van der Waals surface area contributed by atoms with Crippen molar-refractivity contribution in [2.45, 2.75) is 18.0 Å². The number of hydrogen-bond acceptors (Lipinski definition) is 3. The van der Waals surface area contributed by atoms with E-state index >= 15 is 0 Å². The molecule has 0 saturated carbocycles. The lowest BCUT2D eigenvalue weighted by molar-refractivity contribution is 0.938. The second-order valence-corrected chi connectivity index (χ2v) is 3.15. The first kappa shape index (κ1) is 8.53. The molecule has 0 saturated heterocycles. The van der Waals surface area contributed by atoms with Crippen molar-refractivity contribution in [3.05, 3.63) is 25.4 Å². The van der Waals surface area contributed by atoms with E-state index in [4.69, 9.17) is 0 Å². The van der Waals surface area contributed by atoms with E-state index in [-0.39, 0.29) is 0 Å². The molecule has 3 heteroatoms. The Morgan fingerprint density at radius 2 is 2.09 bits per heavy atom. The SMILES string of the molecule is [CH2]CCCSc1ncccn1. The third-order valence-corrected chi connectivity index (χ3v) is 2.13. The van der Waals surface area contributed by atoms with Crippen molar-refractivity contribution in [3.63, 3.8) is 0 Å². The Kier molecular flexibility index (Phi) is 3.98. The standard InChI is InChI=1S/C8H11N2S/c1-2-3-7-11-8-9-5-4-6-10-8/h4-6H,1-3,7H2. The first-order valence-electron chi connectivity index (χ1n) is 3.62. The van der Waals surface area contributed by atoms with Crippen molar-refractivity contribution in [1.29, 1.82) is 0 Å². The van der Waals surface area contributed by atoms with E-state index in [9.17, 15) is 0 Å². The summed E-state index contributed by atoms with van der Waals surface area (Å²) in [6.45, 7) is 3.76. The zero-order chi connectivity index (χ0) is 7.94. The minimum Gasteiger partial charge on any atom is -0.231 e. The van der Waals surface area contributed by atoms with Gasteiger partial charge in [-0.1, -0.05) is 25.1 Å². The topological polar surface area (TPSA) is 25.8 Å². The zero-order valence-electron chi connectivity index (χ0n) is 6.36. The smallest absolute Gasteiger partial charge is 0.187 e. The van der Waals surface area contributed by atoms with Gasteiger partial charge in [-0.3, -0.25) is 0 Å². The number of thioether (sulfide) groups is 1. The van der Waals surface area contributed by atoms with Gasteiger partial charge in [0.15, 0.2) is 5.16 Å². The van der Waals surface area contributed by atoms with Crippen LogP contribution in [0.25, 0.3) is 0 Å². The third-order valence-electron chi connectivity index (χ3n) is 1.17. The van der Waals surface area contributed by atoms with Crippen molar-refractivity contribution < 1.29 is 0 Å². The van der Waals surface area contributed by atoms with Crippen molar-refractivity contribution >= 4 is 11.8 Å². The van der Waals surface area contributed by atoms with Gasteiger partial charge in [-0.2, -0.15) is 0 Å². The van der Waals surface area contributed by atoms with E-state index in [1.807, 2.05) is 6.07 Å². The Morgan fingerprint density at radius 1 is 1.36 bits per heavy atom. The molecule has 0 aliphatic rings. The lowest BCUT2D eigenvalue weighted by Gasteiger charge is -1.95. The van der Waals surface area contributed by atoms with E-state index in [0.29, 0.717) is 0 Å². The van der Waals surface area contributed by atoms with Crippen LogP contribution in [0.3, 0.4) is 0 Å². The molecule has 0 N–H and O–H groups in total. The highest BCUT2D eigenvalue weighted by molar-refractivity contribution is 7.99. The highest BCUT2D eigenvalue weighted by Crippen LogP contribution is 2.12. The zero-order valence-corrected chi connectivity index (χ0v) is 7.18. The maximum Gasteiger partial charge on any atom is 0.187 e. The molecule has 0 fully saturated rings. The second-order valence-electron chi connectivity index (χ2n) is 2.09. The number of hydrogen-bond donors (Lipinski definition) is 0. The molecule has 0 aliphatic carbocycles. The quantitative estimate of drug-likeness (QED) is 0.390. The molecule has 0 bridgehead atoms. The molecule has 2 nitrogen and oxygen atoms in total. The first-order valence-corrected chi connectivity index (χ1v) is 4.61. The minimum atomic E-state index is 0.862. The van der Waals surface area contributed by atoms with Crippen LogP contribution in [0.1, 0.15) is 12.8 Å². The number of aromatic nitrogens is 2. The van der Waals surface area contributed by atoms with Crippen LogP contribution in [0.4, 0.5) is 0 Å². The highest BCUT2D eigenvalue weighted by Gasteiger charge is 1.92. The monoisotopic (exact) mass is 167 g/mol. The van der Waals surface area contributed by atoms with Gasteiger partial charge >= 0.3 is 0 Å². The Labute approximate surface area is 71.5 Å². The molecule has 0 amide bonds. The molecule has 59 valence electrons. The molecule has 1 rings (SSSR count). The Balaban J connectivity index is 2.28. The van der Waals surface area contributed by atoms with Crippen LogP contribution in [0.2, 0.25) is 0 Å². The van der Waals surface area contributed by atoms with Gasteiger partial charge < -0.3 is 0 Å². The van der Waals surface area contributed by atoms with Crippen molar-refractivity contribution in [2.75, 3.05) is 5.75 Å². The predicted octanol–water partition coefficient (Wildman–Crippen LogP) is 2.18. The van der Waals surface area contributed by atoms with Gasteiger partial charge in [0.05, 0.1) is 0 Å². The van der Waals surface area contributed by atoms with E-state index in [2.05, 4.69) is 16.9 Å². The molecule has 0 spiro atoms. The lowest BCUT2D eigenvalue weighted by atomic mass is 10.4. The van der Waals surface area contributed by atoms with Gasteiger partial charge in [0.25, 0.3) is 0 Å². The van der Waals surface area contributed by atoms with Crippen molar-refractivity contribution in [2.24, 2.45) is 0 Å². The number of rotatable bonds is 4. The average Bonchev–Trinajstić information content (AvgIpc) is 2.07. The van der Waals surface area contributed by atoms with Gasteiger partial charge in [-0.15, -0.1) is 0 Å². The molecular formula is C8H11N2S. The third kappa shape index (κ3) is 3.37. The van der Waals surface area contributed by atoms with Crippen LogP contribution in [0.5, 0.6) is 0 Å². The summed E-state index contributed by atoms with van der Waals surface area (Å²) in [5.41, 5.74) is 0.